The third-order valence-electron chi connectivity index (χ3n) is 5.32. The summed E-state index contributed by atoms with van der Waals surface area (Å²) < 4.78 is 5.88. The number of carbonyl (C=O) groups is 1. The van der Waals surface area contributed by atoms with Gasteiger partial charge in [0.1, 0.15) is 11.2 Å². The van der Waals surface area contributed by atoms with Crippen LogP contribution in [0.25, 0.3) is 33.8 Å². The molecule has 5 rings (SSSR count). The number of para-hydroxylation sites is 2. The van der Waals surface area contributed by atoms with Crippen molar-refractivity contribution in [2.24, 2.45) is 5.92 Å². The highest BCUT2D eigenvalue weighted by molar-refractivity contribution is 5.93. The van der Waals surface area contributed by atoms with E-state index >= 15 is 0 Å². The summed E-state index contributed by atoms with van der Waals surface area (Å²) in [5.41, 5.74) is 4.86. The van der Waals surface area contributed by atoms with Gasteiger partial charge in [-0.1, -0.05) is 37.1 Å². The van der Waals surface area contributed by atoms with Gasteiger partial charge in [-0.3, -0.25) is 9.89 Å². The first-order valence-corrected chi connectivity index (χ1v) is 9.59. The normalized spacial score (nSPS) is 14.6. The average molecular weight is 372 g/mol. The van der Waals surface area contributed by atoms with Crippen LogP contribution in [0.5, 0.6) is 0 Å². The van der Waals surface area contributed by atoms with Crippen molar-refractivity contribution in [3.63, 3.8) is 0 Å². The zero-order valence-corrected chi connectivity index (χ0v) is 15.3. The van der Waals surface area contributed by atoms with E-state index in [2.05, 4.69) is 20.5 Å². The molecule has 0 atom stereocenters. The molecule has 1 fully saturated rings. The van der Waals surface area contributed by atoms with Crippen molar-refractivity contribution in [3.05, 3.63) is 54.7 Å². The molecule has 6 heteroatoms. The molecule has 1 amide bonds. The van der Waals surface area contributed by atoms with E-state index in [-0.39, 0.29) is 11.8 Å². The van der Waals surface area contributed by atoms with Crippen LogP contribution < -0.4 is 5.32 Å². The quantitative estimate of drug-likeness (QED) is 0.527. The molecule has 2 N–H and O–H groups in total. The fourth-order valence-corrected chi connectivity index (χ4v) is 3.80. The summed E-state index contributed by atoms with van der Waals surface area (Å²) in [6, 6.07) is 15.4. The third kappa shape index (κ3) is 3.07. The van der Waals surface area contributed by atoms with Crippen LogP contribution in [0.15, 0.2) is 59.1 Å². The first kappa shape index (κ1) is 16.7. The third-order valence-corrected chi connectivity index (χ3v) is 5.32. The van der Waals surface area contributed by atoms with Gasteiger partial charge < -0.3 is 9.73 Å². The smallest absolute Gasteiger partial charge is 0.231 e. The Labute approximate surface area is 162 Å². The molecule has 2 aromatic carbocycles. The van der Waals surface area contributed by atoms with E-state index in [9.17, 15) is 4.79 Å². The fourth-order valence-electron chi connectivity index (χ4n) is 3.80. The van der Waals surface area contributed by atoms with Gasteiger partial charge in [-0.2, -0.15) is 5.10 Å². The van der Waals surface area contributed by atoms with Crippen LogP contribution in [0.1, 0.15) is 25.7 Å². The number of oxazole rings is 1. The molecule has 1 aliphatic rings. The second kappa shape index (κ2) is 6.96. The van der Waals surface area contributed by atoms with E-state index < -0.39 is 0 Å². The highest BCUT2D eigenvalue weighted by atomic mass is 16.3. The van der Waals surface area contributed by atoms with Gasteiger partial charge in [-0.05, 0) is 37.1 Å². The average Bonchev–Trinajstić information content (AvgIpc) is 3.48. The summed E-state index contributed by atoms with van der Waals surface area (Å²) in [7, 11) is 0. The Kier molecular flexibility index (Phi) is 4.16. The van der Waals surface area contributed by atoms with Crippen LogP contribution in [0, 0.1) is 5.92 Å². The maximum absolute atomic E-state index is 12.3. The Balaban J connectivity index is 1.40. The number of nitrogens with zero attached hydrogens (tertiary/aromatic N) is 2. The van der Waals surface area contributed by atoms with Crippen LogP contribution in [-0.4, -0.2) is 21.1 Å². The van der Waals surface area contributed by atoms with E-state index in [1.165, 1.54) is 0 Å². The Morgan fingerprint density at radius 2 is 1.86 bits per heavy atom. The molecule has 4 aromatic rings. The molecular formula is C22H20N4O2. The van der Waals surface area contributed by atoms with Crippen molar-refractivity contribution in [2.45, 2.75) is 25.7 Å². The van der Waals surface area contributed by atoms with Gasteiger partial charge in [0.2, 0.25) is 11.8 Å². The molecule has 0 bridgehead atoms. The standard InChI is InChI=1S/C22H20N4O2/c27-21(15-5-1-2-6-15)24-16-11-9-14(10-12-16)20-17(13-23-26-20)22-25-18-7-3-4-8-19(18)28-22/h3-4,7-13,15H,1-2,5-6H2,(H,23,26)(H,24,27). The number of H-pyrrole nitrogens is 1. The minimum absolute atomic E-state index is 0.122. The number of rotatable bonds is 4. The molecule has 28 heavy (non-hydrogen) atoms. The molecular weight excluding hydrogens is 352 g/mol. The maximum Gasteiger partial charge on any atom is 0.231 e. The Hall–Kier alpha value is -3.41. The van der Waals surface area contributed by atoms with Gasteiger partial charge in [0.15, 0.2) is 5.58 Å². The van der Waals surface area contributed by atoms with E-state index in [4.69, 9.17) is 4.42 Å². The van der Waals surface area contributed by atoms with Crippen LogP contribution in [0.3, 0.4) is 0 Å². The van der Waals surface area contributed by atoms with Gasteiger partial charge in [0.05, 0.1) is 5.56 Å². The number of hydrogen-bond acceptors (Lipinski definition) is 4. The Bertz CT molecular complexity index is 1090. The first-order chi connectivity index (χ1) is 13.8. The summed E-state index contributed by atoms with van der Waals surface area (Å²) in [6.45, 7) is 0. The molecule has 0 saturated heterocycles. The van der Waals surface area contributed by atoms with E-state index in [1.807, 2.05) is 48.5 Å². The Morgan fingerprint density at radius 1 is 1.07 bits per heavy atom. The summed E-state index contributed by atoms with van der Waals surface area (Å²) in [6.07, 6.45) is 6.06. The van der Waals surface area contributed by atoms with Crippen molar-refractivity contribution in [1.82, 2.24) is 15.2 Å². The van der Waals surface area contributed by atoms with E-state index in [0.29, 0.717) is 5.89 Å². The summed E-state index contributed by atoms with van der Waals surface area (Å²) in [5, 5.41) is 10.3. The number of nitrogens with one attached hydrogen (secondary N) is 2. The van der Waals surface area contributed by atoms with E-state index in [0.717, 1.165) is 59.3 Å². The van der Waals surface area contributed by atoms with Gasteiger partial charge in [-0.15, -0.1) is 0 Å². The van der Waals surface area contributed by atoms with Gasteiger partial charge in [0.25, 0.3) is 0 Å². The number of amides is 1. The highest BCUT2D eigenvalue weighted by Crippen LogP contribution is 2.32. The second-order valence-electron chi connectivity index (χ2n) is 7.18. The minimum atomic E-state index is 0.122. The number of aromatic amines is 1. The topological polar surface area (TPSA) is 83.8 Å². The predicted molar refractivity (Wildman–Crippen MR) is 108 cm³/mol. The predicted octanol–water partition coefficient (Wildman–Crippen LogP) is 5.01. The zero-order valence-electron chi connectivity index (χ0n) is 15.3. The molecule has 1 aliphatic carbocycles. The number of hydrogen-bond donors (Lipinski definition) is 2. The number of carbonyl (C=O) groups excluding carboxylic acids is 1. The zero-order chi connectivity index (χ0) is 18.9. The van der Waals surface area contributed by atoms with Crippen LogP contribution in [0.4, 0.5) is 5.69 Å². The van der Waals surface area contributed by atoms with Gasteiger partial charge in [-0.25, -0.2) is 4.98 Å². The fraction of sp³-hybridized carbons (Fsp3) is 0.227. The molecule has 0 unspecified atom stereocenters. The second-order valence-corrected chi connectivity index (χ2v) is 7.18. The minimum Gasteiger partial charge on any atom is -0.436 e. The maximum atomic E-state index is 12.3. The SMILES string of the molecule is O=C(Nc1ccc(-c2n[nH]cc2-c2nc3ccccc3o2)cc1)C1CCCC1. The summed E-state index contributed by atoms with van der Waals surface area (Å²) in [4.78, 5) is 16.9. The monoisotopic (exact) mass is 372 g/mol. The van der Waals surface area contributed by atoms with Crippen molar-refractivity contribution in [1.29, 1.82) is 0 Å². The number of benzene rings is 2. The number of aromatic nitrogens is 3. The van der Waals surface area contributed by atoms with Gasteiger partial charge >= 0.3 is 0 Å². The van der Waals surface area contributed by atoms with Crippen molar-refractivity contribution < 1.29 is 9.21 Å². The molecule has 0 spiro atoms. The molecule has 6 nitrogen and oxygen atoms in total. The molecule has 0 aliphatic heterocycles. The number of anilines is 1. The molecule has 0 radical (unpaired) electrons. The lowest BCUT2D eigenvalue weighted by Gasteiger charge is -2.10. The van der Waals surface area contributed by atoms with Crippen LogP contribution in [0.2, 0.25) is 0 Å². The van der Waals surface area contributed by atoms with Crippen molar-refractivity contribution in [3.8, 4) is 22.7 Å². The summed E-state index contributed by atoms with van der Waals surface area (Å²) >= 11 is 0. The lowest BCUT2D eigenvalue weighted by molar-refractivity contribution is -0.119. The largest absolute Gasteiger partial charge is 0.436 e. The summed E-state index contributed by atoms with van der Waals surface area (Å²) in [5.74, 6) is 0.803. The van der Waals surface area contributed by atoms with Crippen molar-refractivity contribution >= 4 is 22.7 Å². The van der Waals surface area contributed by atoms with Gasteiger partial charge in [0, 0.05) is 23.4 Å². The highest BCUT2D eigenvalue weighted by Gasteiger charge is 2.22. The molecule has 140 valence electrons. The lowest BCUT2D eigenvalue weighted by Crippen LogP contribution is -2.20. The van der Waals surface area contributed by atoms with Crippen LogP contribution >= 0.6 is 0 Å². The molecule has 1 saturated carbocycles. The lowest BCUT2D eigenvalue weighted by atomic mass is 10.1. The number of fused-ring (bicyclic) bond motifs is 1. The van der Waals surface area contributed by atoms with Crippen LogP contribution in [-0.2, 0) is 4.79 Å². The first-order valence-electron chi connectivity index (χ1n) is 9.59. The van der Waals surface area contributed by atoms with E-state index in [1.54, 1.807) is 6.20 Å². The van der Waals surface area contributed by atoms with Crippen molar-refractivity contribution in [2.75, 3.05) is 5.32 Å². The molecule has 2 aromatic heterocycles. The molecule has 2 heterocycles. The Morgan fingerprint density at radius 3 is 2.64 bits per heavy atom.